The molecule has 3 rings (SSSR count). The summed E-state index contributed by atoms with van der Waals surface area (Å²) in [5.41, 5.74) is -0.00494. The quantitative estimate of drug-likeness (QED) is 0.239. The zero-order valence-electron chi connectivity index (χ0n) is 18.8. The number of hydrogen-bond acceptors (Lipinski definition) is 5. The Labute approximate surface area is 200 Å². The number of piperidine rings is 1. The molecule has 6 nitrogen and oxygen atoms in total. The molecule has 34 heavy (non-hydrogen) atoms. The zero-order valence-corrected chi connectivity index (χ0v) is 19.6. The highest BCUT2D eigenvalue weighted by molar-refractivity contribution is 6.35. The lowest BCUT2D eigenvalue weighted by atomic mass is 9.93. The molecule has 2 aromatic rings. The summed E-state index contributed by atoms with van der Waals surface area (Å²) in [4.78, 5) is 26.1. The standard InChI is InChI=1S/C24H25ClF3N5O/c1-14-9-11-31-23(32-14)22(33-15(2)29)16(12-17-6-3-4-10-30-17)13-20(34)18-7-5-8-19(21(18)25)24(26,27)28/h5,7-9,11,13,17,29-30H,3-4,6,10,12H2,1-2H3/b16-13+,29-15?,33-22+. The SMILES string of the molecule is CC(=N)/N=C(\C(=C\C(=O)c1cccc(C(F)(F)F)c1Cl)CC1CCCCN1)c1nccc(C)n1. The molecule has 0 radical (unpaired) electrons. The van der Waals surface area contributed by atoms with Crippen LogP contribution in [0, 0.1) is 12.3 Å². The Hall–Kier alpha value is -2.91. The maximum absolute atomic E-state index is 13.3. The highest BCUT2D eigenvalue weighted by Crippen LogP contribution is 2.36. The monoisotopic (exact) mass is 491 g/mol. The Morgan fingerprint density at radius 1 is 1.32 bits per heavy atom. The number of aliphatic imine (C=N–C) groups is 1. The van der Waals surface area contributed by atoms with Gasteiger partial charge in [-0.1, -0.05) is 24.1 Å². The van der Waals surface area contributed by atoms with E-state index in [1.807, 2.05) is 0 Å². The lowest BCUT2D eigenvalue weighted by molar-refractivity contribution is -0.137. The fourth-order valence-electron chi connectivity index (χ4n) is 3.76. The molecule has 1 atom stereocenters. The summed E-state index contributed by atoms with van der Waals surface area (Å²) in [5, 5.41) is 10.6. The van der Waals surface area contributed by atoms with Gasteiger partial charge in [-0.05, 0) is 69.5 Å². The Kier molecular flexibility index (Phi) is 8.33. The van der Waals surface area contributed by atoms with E-state index in [0.717, 1.165) is 37.9 Å². The normalized spacial score (nSPS) is 17.5. The first-order chi connectivity index (χ1) is 16.1. The number of aryl methyl sites for hydroxylation is 1. The van der Waals surface area contributed by atoms with Crippen LogP contribution in [0.5, 0.6) is 0 Å². The third-order valence-electron chi connectivity index (χ3n) is 5.34. The maximum Gasteiger partial charge on any atom is 0.417 e. The minimum atomic E-state index is -4.69. The number of carbonyl (C=O) groups is 1. The van der Waals surface area contributed by atoms with Crippen LogP contribution in [-0.4, -0.2) is 39.9 Å². The van der Waals surface area contributed by atoms with E-state index >= 15 is 0 Å². The van der Waals surface area contributed by atoms with Gasteiger partial charge in [-0.3, -0.25) is 10.2 Å². The molecule has 2 N–H and O–H groups in total. The number of hydrogen-bond donors (Lipinski definition) is 2. The van der Waals surface area contributed by atoms with Gasteiger partial charge in [-0.15, -0.1) is 0 Å². The lowest BCUT2D eigenvalue weighted by Gasteiger charge is -2.25. The molecule has 180 valence electrons. The van der Waals surface area contributed by atoms with Crippen molar-refractivity contribution in [2.75, 3.05) is 6.54 Å². The van der Waals surface area contributed by atoms with Gasteiger partial charge in [0.1, 0.15) is 11.5 Å². The van der Waals surface area contributed by atoms with Crippen LogP contribution >= 0.6 is 11.6 Å². The minimum absolute atomic E-state index is 0.0211. The van der Waals surface area contributed by atoms with Gasteiger partial charge in [0.05, 0.1) is 10.6 Å². The second kappa shape index (κ2) is 11.0. The average molecular weight is 492 g/mol. The van der Waals surface area contributed by atoms with Crippen molar-refractivity contribution in [3.8, 4) is 0 Å². The molecule has 2 heterocycles. The van der Waals surface area contributed by atoms with Crippen molar-refractivity contribution in [3.05, 3.63) is 69.8 Å². The van der Waals surface area contributed by atoms with Crippen molar-refractivity contribution in [1.82, 2.24) is 15.3 Å². The Balaban J connectivity index is 2.11. The van der Waals surface area contributed by atoms with Crippen LogP contribution < -0.4 is 5.32 Å². The van der Waals surface area contributed by atoms with Crippen LogP contribution in [0.25, 0.3) is 0 Å². The number of nitrogens with one attached hydrogen (secondary N) is 2. The van der Waals surface area contributed by atoms with Gasteiger partial charge in [0, 0.05) is 23.5 Å². The third-order valence-corrected chi connectivity index (χ3v) is 5.75. The van der Waals surface area contributed by atoms with Crippen LogP contribution in [0.3, 0.4) is 0 Å². The molecule has 1 aromatic carbocycles. The van der Waals surface area contributed by atoms with Crippen LogP contribution in [-0.2, 0) is 6.18 Å². The van der Waals surface area contributed by atoms with Gasteiger partial charge in [0.2, 0.25) is 0 Å². The summed E-state index contributed by atoms with van der Waals surface area (Å²) in [6, 6.07) is 4.98. The number of amidine groups is 1. The molecular weight excluding hydrogens is 467 g/mol. The highest BCUT2D eigenvalue weighted by Gasteiger charge is 2.34. The summed E-state index contributed by atoms with van der Waals surface area (Å²) >= 11 is 5.99. The number of benzene rings is 1. The molecule has 1 aromatic heterocycles. The van der Waals surface area contributed by atoms with Crippen molar-refractivity contribution in [3.63, 3.8) is 0 Å². The van der Waals surface area contributed by atoms with Crippen molar-refractivity contribution < 1.29 is 18.0 Å². The van der Waals surface area contributed by atoms with E-state index in [1.165, 1.54) is 19.1 Å². The fraction of sp³-hybridized carbons (Fsp3) is 0.375. The molecule has 1 fully saturated rings. The number of ketones is 1. The van der Waals surface area contributed by atoms with Crippen molar-refractivity contribution >= 4 is 28.9 Å². The van der Waals surface area contributed by atoms with Gasteiger partial charge in [0.25, 0.3) is 0 Å². The number of carbonyl (C=O) groups excluding carboxylic acids is 1. The first kappa shape index (κ1) is 25.7. The molecule has 0 bridgehead atoms. The summed E-state index contributed by atoms with van der Waals surface area (Å²) < 4.78 is 39.9. The van der Waals surface area contributed by atoms with Crippen LogP contribution in [0.2, 0.25) is 5.02 Å². The first-order valence-electron chi connectivity index (χ1n) is 10.8. The molecule has 1 unspecified atom stereocenters. The predicted octanol–water partition coefficient (Wildman–Crippen LogP) is 5.58. The van der Waals surface area contributed by atoms with Gasteiger partial charge >= 0.3 is 6.18 Å². The van der Waals surface area contributed by atoms with Crippen LogP contribution in [0.4, 0.5) is 13.2 Å². The Morgan fingerprint density at radius 2 is 2.09 bits per heavy atom. The van der Waals surface area contributed by atoms with Crippen molar-refractivity contribution in [2.45, 2.75) is 51.7 Å². The molecule has 1 aliphatic rings. The van der Waals surface area contributed by atoms with E-state index < -0.39 is 22.5 Å². The lowest BCUT2D eigenvalue weighted by Crippen LogP contribution is -2.35. The van der Waals surface area contributed by atoms with Crippen molar-refractivity contribution in [1.29, 1.82) is 5.41 Å². The van der Waals surface area contributed by atoms with Gasteiger partial charge in [-0.25, -0.2) is 15.0 Å². The number of rotatable bonds is 6. The molecule has 1 saturated heterocycles. The second-order valence-corrected chi connectivity index (χ2v) is 8.50. The number of nitrogens with zero attached hydrogens (tertiary/aromatic N) is 3. The summed E-state index contributed by atoms with van der Waals surface area (Å²) in [6.07, 6.45) is 1.38. The van der Waals surface area contributed by atoms with E-state index in [2.05, 4.69) is 20.3 Å². The van der Waals surface area contributed by atoms with Crippen molar-refractivity contribution in [2.24, 2.45) is 4.99 Å². The summed E-state index contributed by atoms with van der Waals surface area (Å²) in [6.45, 7) is 4.08. The first-order valence-corrected chi connectivity index (χ1v) is 11.2. The smallest absolute Gasteiger partial charge is 0.314 e. The van der Waals surface area contributed by atoms with E-state index in [1.54, 1.807) is 19.2 Å². The van der Waals surface area contributed by atoms with Gasteiger partial charge < -0.3 is 5.32 Å². The second-order valence-electron chi connectivity index (χ2n) is 8.12. The molecule has 0 spiro atoms. The van der Waals surface area contributed by atoms with E-state index in [9.17, 15) is 18.0 Å². The molecule has 0 amide bonds. The summed E-state index contributed by atoms with van der Waals surface area (Å²) in [5.74, 6) is -0.478. The Morgan fingerprint density at radius 3 is 2.71 bits per heavy atom. The molecule has 0 saturated carbocycles. The van der Waals surface area contributed by atoms with Crippen LogP contribution in [0.1, 0.15) is 60.0 Å². The predicted molar refractivity (Wildman–Crippen MR) is 126 cm³/mol. The number of alkyl halides is 3. The number of aromatic nitrogens is 2. The average Bonchev–Trinajstić information content (AvgIpc) is 2.77. The summed E-state index contributed by atoms with van der Waals surface area (Å²) in [7, 11) is 0. The molecule has 0 aliphatic carbocycles. The molecular formula is C24H25ClF3N5O. The zero-order chi connectivity index (χ0) is 24.9. The number of allylic oxidation sites excluding steroid dienone is 1. The van der Waals surface area contributed by atoms with E-state index in [0.29, 0.717) is 17.7 Å². The van der Waals surface area contributed by atoms with E-state index in [4.69, 9.17) is 17.0 Å². The third kappa shape index (κ3) is 6.57. The largest absolute Gasteiger partial charge is 0.417 e. The van der Waals surface area contributed by atoms with Crippen LogP contribution in [0.15, 0.2) is 47.1 Å². The molecule has 1 aliphatic heterocycles. The fourth-order valence-corrected chi connectivity index (χ4v) is 4.09. The van der Waals surface area contributed by atoms with E-state index in [-0.39, 0.29) is 29.0 Å². The minimum Gasteiger partial charge on any atom is -0.314 e. The number of halogens is 4. The topological polar surface area (TPSA) is 91.1 Å². The van der Waals surface area contributed by atoms with Gasteiger partial charge in [0.15, 0.2) is 11.6 Å². The molecule has 10 heteroatoms. The highest BCUT2D eigenvalue weighted by atomic mass is 35.5. The maximum atomic E-state index is 13.3. The van der Waals surface area contributed by atoms with Gasteiger partial charge in [-0.2, -0.15) is 13.2 Å². The Bertz CT molecular complexity index is 1140.